The summed E-state index contributed by atoms with van der Waals surface area (Å²) in [6, 6.07) is 3.80. The van der Waals surface area contributed by atoms with Crippen molar-refractivity contribution in [1.82, 2.24) is 4.90 Å². The number of sulfonamides is 1. The standard InChI is InChI=1S/C25H39N4O7PS/c1-24(2,3)11-12-29-21(25(4,5)6)20(30)19(23(29)31)22-26-17-10-9-16(28-38(8,33)34)15-18(17)37(32,27-22)36-14-13-35-7/h9-10,15,21,28,30H,11-14H2,1-8H3,(H,26,27,32)/t21-,37?/m1/s1. The Kier molecular flexibility index (Phi) is 8.44. The van der Waals surface area contributed by atoms with Gasteiger partial charge in [0.05, 0.1) is 36.5 Å². The number of aliphatic hydroxyl groups is 1. The third-order valence-electron chi connectivity index (χ3n) is 6.11. The van der Waals surface area contributed by atoms with Crippen LogP contribution in [0.1, 0.15) is 48.0 Å². The first-order valence-electron chi connectivity index (χ1n) is 12.3. The van der Waals surface area contributed by atoms with Crippen molar-refractivity contribution in [2.75, 3.05) is 43.2 Å². The van der Waals surface area contributed by atoms with Gasteiger partial charge in [0.2, 0.25) is 10.0 Å². The number of ether oxygens (including phenoxy) is 1. The molecule has 212 valence electrons. The summed E-state index contributed by atoms with van der Waals surface area (Å²) >= 11 is 0. The van der Waals surface area contributed by atoms with Gasteiger partial charge in [-0.1, -0.05) is 41.5 Å². The number of nitrogens with zero attached hydrogens (tertiary/aromatic N) is 2. The van der Waals surface area contributed by atoms with Crippen molar-refractivity contribution in [1.29, 1.82) is 0 Å². The largest absolute Gasteiger partial charge is 0.509 e. The Hall–Kier alpha value is -2.40. The van der Waals surface area contributed by atoms with Gasteiger partial charge in [-0.25, -0.2) is 8.42 Å². The molecule has 13 heteroatoms. The number of hydrogen-bond acceptors (Lipinski definition) is 8. The van der Waals surface area contributed by atoms with Crippen molar-refractivity contribution < 1.29 is 32.1 Å². The number of rotatable bonds is 9. The zero-order valence-electron chi connectivity index (χ0n) is 23.3. The molecule has 0 fully saturated rings. The minimum Gasteiger partial charge on any atom is -0.509 e. The molecule has 0 saturated heterocycles. The lowest BCUT2D eigenvalue weighted by Gasteiger charge is -2.36. The minimum atomic E-state index is -4.01. The number of benzene rings is 1. The van der Waals surface area contributed by atoms with Crippen LogP contribution >= 0.6 is 7.52 Å². The molecule has 3 rings (SSSR count). The predicted octanol–water partition coefficient (Wildman–Crippen LogP) is 3.87. The number of aliphatic hydroxyl groups excluding tert-OH is 1. The number of methoxy groups -OCH3 is 1. The Morgan fingerprint density at radius 3 is 2.39 bits per heavy atom. The normalized spacial score (nSPS) is 22.3. The Balaban J connectivity index is 2.11. The maximum atomic E-state index is 14.1. The van der Waals surface area contributed by atoms with Crippen LogP contribution in [0.25, 0.3) is 0 Å². The average molecular weight is 571 g/mol. The summed E-state index contributed by atoms with van der Waals surface area (Å²) in [5, 5.41) is 14.5. The van der Waals surface area contributed by atoms with E-state index in [1.165, 1.54) is 25.3 Å². The van der Waals surface area contributed by atoms with Gasteiger partial charge in [0, 0.05) is 19.3 Å². The predicted molar refractivity (Wildman–Crippen MR) is 150 cm³/mol. The second-order valence-electron chi connectivity index (χ2n) is 11.9. The fourth-order valence-corrected chi connectivity index (χ4v) is 6.72. The van der Waals surface area contributed by atoms with E-state index >= 15 is 0 Å². The highest BCUT2D eigenvalue weighted by Gasteiger charge is 2.48. The first-order chi connectivity index (χ1) is 17.4. The van der Waals surface area contributed by atoms with E-state index in [2.05, 4.69) is 35.6 Å². The van der Waals surface area contributed by atoms with Crippen LogP contribution in [-0.4, -0.2) is 69.3 Å². The summed E-state index contributed by atoms with van der Waals surface area (Å²) in [6.07, 6.45) is 1.72. The maximum Gasteiger partial charge on any atom is 0.348 e. The van der Waals surface area contributed by atoms with Crippen molar-refractivity contribution in [2.24, 2.45) is 15.6 Å². The molecule has 11 nitrogen and oxygen atoms in total. The second-order valence-corrected chi connectivity index (χ2v) is 15.6. The molecule has 2 atom stereocenters. The number of carbonyl (C=O) groups excluding carboxylic acids is 1. The molecule has 1 aromatic rings. The monoisotopic (exact) mass is 570 g/mol. The van der Waals surface area contributed by atoms with E-state index in [1.54, 1.807) is 4.90 Å². The highest BCUT2D eigenvalue weighted by Crippen LogP contribution is 2.53. The Labute approximate surface area is 225 Å². The fourth-order valence-electron chi connectivity index (χ4n) is 4.38. The smallest absolute Gasteiger partial charge is 0.348 e. The van der Waals surface area contributed by atoms with Gasteiger partial charge >= 0.3 is 7.52 Å². The van der Waals surface area contributed by atoms with E-state index in [4.69, 9.17) is 9.26 Å². The third kappa shape index (κ3) is 6.77. The van der Waals surface area contributed by atoms with Gasteiger partial charge in [0.15, 0.2) is 5.84 Å². The minimum absolute atomic E-state index is 0.0385. The lowest BCUT2D eigenvalue weighted by Crippen LogP contribution is -2.45. The summed E-state index contributed by atoms with van der Waals surface area (Å²) in [5.41, 5.74) is -0.0789. The van der Waals surface area contributed by atoms with E-state index in [0.29, 0.717) is 18.7 Å². The van der Waals surface area contributed by atoms with Crippen LogP contribution in [0.4, 0.5) is 11.4 Å². The first kappa shape index (κ1) is 30.1. The van der Waals surface area contributed by atoms with Crippen LogP contribution in [0.2, 0.25) is 0 Å². The van der Waals surface area contributed by atoms with Gasteiger partial charge in [0.25, 0.3) is 5.91 Å². The Morgan fingerprint density at radius 1 is 1.18 bits per heavy atom. The number of amides is 1. The van der Waals surface area contributed by atoms with Crippen molar-refractivity contribution >= 4 is 46.0 Å². The number of amidine groups is 1. The number of hydrogen-bond donors (Lipinski definition) is 3. The maximum absolute atomic E-state index is 14.1. The van der Waals surface area contributed by atoms with Gasteiger partial charge in [-0.2, -0.15) is 4.76 Å². The molecule has 2 aliphatic rings. The number of fused-ring (bicyclic) bond motifs is 1. The summed E-state index contributed by atoms with van der Waals surface area (Å²) in [6.45, 7) is 12.6. The van der Waals surface area contributed by atoms with Crippen LogP contribution in [0.3, 0.4) is 0 Å². The van der Waals surface area contributed by atoms with E-state index in [0.717, 1.165) is 6.26 Å². The van der Waals surface area contributed by atoms with Gasteiger partial charge in [-0.05, 0) is 35.4 Å². The molecule has 1 unspecified atom stereocenters. The number of carbonyl (C=O) groups is 1. The van der Waals surface area contributed by atoms with Crippen LogP contribution in [0.15, 0.2) is 34.3 Å². The summed E-state index contributed by atoms with van der Waals surface area (Å²) in [4.78, 5) is 15.4. The SMILES string of the molecule is COCCOP1(=O)N=C(C2=C(O)[C@H](C(C)(C)C)N(CCC(C)(C)C)C2=O)Nc2ccc(NS(C)(=O)=O)cc21. The molecule has 2 heterocycles. The second kappa shape index (κ2) is 10.6. The lowest BCUT2D eigenvalue weighted by molar-refractivity contribution is -0.128. The lowest BCUT2D eigenvalue weighted by atomic mass is 9.84. The highest BCUT2D eigenvalue weighted by atomic mass is 32.2. The van der Waals surface area contributed by atoms with E-state index in [-0.39, 0.29) is 46.8 Å². The molecule has 0 bridgehead atoms. The Bertz CT molecular complexity index is 1310. The Morgan fingerprint density at radius 2 is 1.84 bits per heavy atom. The van der Waals surface area contributed by atoms with Crippen LogP contribution in [0.5, 0.6) is 0 Å². The molecule has 0 saturated carbocycles. The molecule has 1 aromatic carbocycles. The molecule has 0 spiro atoms. The summed E-state index contributed by atoms with van der Waals surface area (Å²) < 4.78 is 55.1. The zero-order chi connectivity index (χ0) is 28.7. The van der Waals surface area contributed by atoms with Gasteiger partial charge < -0.3 is 24.6 Å². The van der Waals surface area contributed by atoms with Crippen molar-refractivity contribution in [3.05, 3.63) is 29.5 Å². The topological polar surface area (TPSA) is 147 Å². The van der Waals surface area contributed by atoms with Crippen molar-refractivity contribution in [3.63, 3.8) is 0 Å². The van der Waals surface area contributed by atoms with E-state index in [1.807, 2.05) is 20.8 Å². The summed E-state index contributed by atoms with van der Waals surface area (Å²) in [5.74, 6) is -0.623. The zero-order valence-corrected chi connectivity index (χ0v) is 25.0. The molecular formula is C25H39N4O7PS. The molecule has 3 N–H and O–H groups in total. The fraction of sp³-hybridized carbons (Fsp3) is 0.600. The van der Waals surface area contributed by atoms with Crippen LogP contribution in [-0.2, 0) is 28.6 Å². The quantitative estimate of drug-likeness (QED) is 0.300. The van der Waals surface area contributed by atoms with Crippen LogP contribution in [0, 0.1) is 10.8 Å². The molecule has 2 aliphatic heterocycles. The van der Waals surface area contributed by atoms with Gasteiger partial charge in [-0.3, -0.25) is 14.1 Å². The molecule has 0 aliphatic carbocycles. The molecule has 38 heavy (non-hydrogen) atoms. The highest BCUT2D eigenvalue weighted by molar-refractivity contribution is 7.92. The van der Waals surface area contributed by atoms with Crippen LogP contribution < -0.4 is 15.3 Å². The van der Waals surface area contributed by atoms with Gasteiger partial charge in [0.1, 0.15) is 11.3 Å². The number of nitrogens with one attached hydrogen (secondary N) is 2. The average Bonchev–Trinajstić information content (AvgIpc) is 3.01. The van der Waals surface area contributed by atoms with E-state index < -0.39 is 34.9 Å². The third-order valence-corrected chi connectivity index (χ3v) is 8.69. The van der Waals surface area contributed by atoms with Gasteiger partial charge in [-0.15, -0.1) is 0 Å². The van der Waals surface area contributed by atoms with E-state index in [9.17, 15) is 22.9 Å². The number of anilines is 2. The van der Waals surface area contributed by atoms with Crippen molar-refractivity contribution in [2.45, 2.75) is 54.0 Å². The van der Waals surface area contributed by atoms with Crippen molar-refractivity contribution in [3.8, 4) is 0 Å². The molecule has 0 radical (unpaired) electrons. The first-order valence-corrected chi connectivity index (χ1v) is 15.8. The summed E-state index contributed by atoms with van der Waals surface area (Å²) in [7, 11) is -6.14. The molecule has 1 amide bonds. The molecule has 0 aromatic heterocycles. The molecular weight excluding hydrogens is 531 g/mol.